The lowest BCUT2D eigenvalue weighted by Crippen LogP contribution is -2.15. The van der Waals surface area contributed by atoms with Gasteiger partial charge in [0.05, 0.1) is 5.69 Å². The Bertz CT molecular complexity index is 1210. The number of rotatable bonds is 7. The van der Waals surface area contributed by atoms with Gasteiger partial charge in [-0.3, -0.25) is 4.79 Å². The van der Waals surface area contributed by atoms with Gasteiger partial charge in [-0.1, -0.05) is 75.0 Å². The number of hydrogen-bond acceptors (Lipinski definition) is 4. The number of anilines is 1. The lowest BCUT2D eigenvalue weighted by molar-refractivity contribution is 0.102. The highest BCUT2D eigenvalue weighted by atomic mass is 32.2. The molecule has 0 aliphatic heterocycles. The third kappa shape index (κ3) is 6.05. The van der Waals surface area contributed by atoms with E-state index < -0.39 is 0 Å². The number of amides is 1. The van der Waals surface area contributed by atoms with Gasteiger partial charge in [-0.05, 0) is 53.4 Å². The molecular formula is C27H27N3O2S. The van der Waals surface area contributed by atoms with Crippen molar-refractivity contribution in [3.8, 4) is 5.75 Å². The Morgan fingerprint density at radius 2 is 1.64 bits per heavy atom. The van der Waals surface area contributed by atoms with E-state index in [2.05, 4.69) is 43.3 Å². The number of ether oxygens (including phenoxy) is 1. The molecule has 33 heavy (non-hydrogen) atoms. The number of carbonyl (C=O) groups is 1. The standard InChI is InChI=1S/C27H27N3O2S/c1-27(2,3)20-13-15-21(16-14-20)32-19-30-18-17-24(29-30)26(31)28-23-11-7-8-12-25(23)33-22-9-5-4-6-10-22/h4-18H,19H2,1-3H3,(H,28,31). The minimum absolute atomic E-state index is 0.0982. The second-order valence-corrected chi connectivity index (χ2v) is 9.77. The molecule has 5 nitrogen and oxygen atoms in total. The van der Waals surface area contributed by atoms with Crippen LogP contribution in [0.25, 0.3) is 0 Å². The van der Waals surface area contributed by atoms with Gasteiger partial charge in [0.1, 0.15) is 5.75 Å². The normalized spacial score (nSPS) is 11.2. The third-order valence-electron chi connectivity index (χ3n) is 5.06. The first-order valence-electron chi connectivity index (χ1n) is 10.8. The predicted molar refractivity (Wildman–Crippen MR) is 133 cm³/mol. The molecular weight excluding hydrogens is 430 g/mol. The zero-order valence-electron chi connectivity index (χ0n) is 19.0. The Hall–Kier alpha value is -3.51. The average molecular weight is 458 g/mol. The van der Waals surface area contributed by atoms with Crippen molar-refractivity contribution in [2.24, 2.45) is 0 Å². The number of nitrogens with one attached hydrogen (secondary N) is 1. The van der Waals surface area contributed by atoms with E-state index in [-0.39, 0.29) is 18.1 Å². The lowest BCUT2D eigenvalue weighted by atomic mass is 9.87. The molecule has 0 saturated carbocycles. The maximum absolute atomic E-state index is 12.8. The second-order valence-electron chi connectivity index (χ2n) is 8.65. The van der Waals surface area contributed by atoms with Crippen LogP contribution in [0.5, 0.6) is 5.75 Å². The highest BCUT2D eigenvalue weighted by Gasteiger charge is 2.14. The van der Waals surface area contributed by atoms with Gasteiger partial charge >= 0.3 is 0 Å². The van der Waals surface area contributed by atoms with Crippen molar-refractivity contribution in [2.75, 3.05) is 5.32 Å². The van der Waals surface area contributed by atoms with Crippen LogP contribution in [0.4, 0.5) is 5.69 Å². The number of para-hydroxylation sites is 1. The first-order valence-corrected chi connectivity index (χ1v) is 11.6. The molecule has 168 valence electrons. The molecule has 0 unspecified atom stereocenters. The summed E-state index contributed by atoms with van der Waals surface area (Å²) in [5, 5.41) is 7.34. The summed E-state index contributed by atoms with van der Waals surface area (Å²) in [6.07, 6.45) is 1.74. The largest absolute Gasteiger partial charge is 0.471 e. The number of hydrogen-bond donors (Lipinski definition) is 1. The summed E-state index contributed by atoms with van der Waals surface area (Å²) in [7, 11) is 0. The van der Waals surface area contributed by atoms with E-state index in [0.717, 1.165) is 21.2 Å². The summed E-state index contributed by atoms with van der Waals surface area (Å²) in [6, 6.07) is 27.6. The molecule has 4 rings (SSSR count). The van der Waals surface area contributed by atoms with Crippen LogP contribution >= 0.6 is 11.8 Å². The highest BCUT2D eigenvalue weighted by Crippen LogP contribution is 2.33. The summed E-state index contributed by atoms with van der Waals surface area (Å²) in [4.78, 5) is 14.9. The van der Waals surface area contributed by atoms with Crippen molar-refractivity contribution in [2.45, 2.75) is 42.7 Å². The Morgan fingerprint density at radius 1 is 0.939 bits per heavy atom. The molecule has 0 aliphatic carbocycles. The number of nitrogens with zero attached hydrogens (tertiary/aromatic N) is 2. The molecule has 4 aromatic rings. The Labute approximate surface area is 198 Å². The lowest BCUT2D eigenvalue weighted by Gasteiger charge is -2.19. The molecule has 1 amide bonds. The van der Waals surface area contributed by atoms with Crippen molar-refractivity contribution in [1.29, 1.82) is 0 Å². The van der Waals surface area contributed by atoms with Crippen molar-refractivity contribution < 1.29 is 9.53 Å². The van der Waals surface area contributed by atoms with Gasteiger partial charge in [0.2, 0.25) is 0 Å². The third-order valence-corrected chi connectivity index (χ3v) is 6.15. The molecule has 0 radical (unpaired) electrons. The van der Waals surface area contributed by atoms with Crippen LogP contribution in [0.15, 0.2) is 101 Å². The van der Waals surface area contributed by atoms with Gasteiger partial charge in [-0.25, -0.2) is 4.68 Å². The Kier molecular flexibility index (Phi) is 6.84. The minimum Gasteiger partial charge on any atom is -0.471 e. The number of carbonyl (C=O) groups excluding carboxylic acids is 1. The SMILES string of the molecule is CC(C)(C)c1ccc(OCn2ccc(C(=O)Nc3ccccc3Sc3ccccc3)n2)cc1. The van der Waals surface area contributed by atoms with E-state index in [0.29, 0.717) is 5.69 Å². The number of aromatic nitrogens is 2. The zero-order chi connectivity index (χ0) is 23.3. The van der Waals surface area contributed by atoms with Crippen molar-refractivity contribution in [3.05, 3.63) is 102 Å². The molecule has 0 aliphatic rings. The Balaban J connectivity index is 1.38. The van der Waals surface area contributed by atoms with E-state index >= 15 is 0 Å². The van der Waals surface area contributed by atoms with E-state index in [1.807, 2.05) is 66.7 Å². The summed E-state index contributed by atoms with van der Waals surface area (Å²) in [5.41, 5.74) is 2.43. The van der Waals surface area contributed by atoms with Gasteiger partial charge in [0.15, 0.2) is 12.4 Å². The van der Waals surface area contributed by atoms with Gasteiger partial charge < -0.3 is 10.1 Å². The van der Waals surface area contributed by atoms with Crippen LogP contribution in [0.2, 0.25) is 0 Å². The fourth-order valence-electron chi connectivity index (χ4n) is 3.21. The predicted octanol–water partition coefficient (Wildman–Crippen LogP) is 6.62. The van der Waals surface area contributed by atoms with Gasteiger partial charge in [-0.2, -0.15) is 5.10 Å². The molecule has 3 aromatic carbocycles. The van der Waals surface area contributed by atoms with Crippen LogP contribution in [0.1, 0.15) is 36.8 Å². The average Bonchev–Trinajstić information content (AvgIpc) is 3.29. The second kappa shape index (κ2) is 9.96. The van der Waals surface area contributed by atoms with Gasteiger partial charge in [0, 0.05) is 16.0 Å². The van der Waals surface area contributed by atoms with E-state index in [1.54, 1.807) is 28.7 Å². The molecule has 0 spiro atoms. The Morgan fingerprint density at radius 3 is 2.36 bits per heavy atom. The quantitative estimate of drug-likeness (QED) is 0.339. The summed E-state index contributed by atoms with van der Waals surface area (Å²) < 4.78 is 7.43. The van der Waals surface area contributed by atoms with Crippen LogP contribution in [0.3, 0.4) is 0 Å². The van der Waals surface area contributed by atoms with Crippen molar-refractivity contribution >= 4 is 23.4 Å². The van der Waals surface area contributed by atoms with Crippen LogP contribution < -0.4 is 10.1 Å². The van der Waals surface area contributed by atoms with Crippen LogP contribution in [0, 0.1) is 0 Å². The zero-order valence-corrected chi connectivity index (χ0v) is 19.8. The summed E-state index contributed by atoms with van der Waals surface area (Å²) >= 11 is 1.60. The summed E-state index contributed by atoms with van der Waals surface area (Å²) in [6.45, 7) is 6.76. The fourth-order valence-corrected chi connectivity index (χ4v) is 4.13. The first-order chi connectivity index (χ1) is 15.9. The van der Waals surface area contributed by atoms with Crippen molar-refractivity contribution in [3.63, 3.8) is 0 Å². The molecule has 1 N–H and O–H groups in total. The monoisotopic (exact) mass is 457 g/mol. The van der Waals surface area contributed by atoms with Crippen LogP contribution in [-0.2, 0) is 12.1 Å². The molecule has 0 atom stereocenters. The molecule has 1 heterocycles. The van der Waals surface area contributed by atoms with Crippen molar-refractivity contribution in [1.82, 2.24) is 9.78 Å². The summed E-state index contributed by atoms with van der Waals surface area (Å²) in [5.74, 6) is 0.501. The molecule has 1 aromatic heterocycles. The first kappa shape index (κ1) is 22.7. The topological polar surface area (TPSA) is 56.1 Å². The molecule has 0 bridgehead atoms. The number of benzene rings is 3. The molecule has 0 fully saturated rings. The van der Waals surface area contributed by atoms with Gasteiger partial charge in [0.25, 0.3) is 5.91 Å². The highest BCUT2D eigenvalue weighted by molar-refractivity contribution is 7.99. The van der Waals surface area contributed by atoms with Gasteiger partial charge in [-0.15, -0.1) is 0 Å². The minimum atomic E-state index is -0.260. The maximum Gasteiger partial charge on any atom is 0.276 e. The van der Waals surface area contributed by atoms with Crippen LogP contribution in [-0.4, -0.2) is 15.7 Å². The fraction of sp³-hybridized carbons (Fsp3) is 0.185. The molecule has 0 saturated heterocycles. The smallest absolute Gasteiger partial charge is 0.276 e. The van der Waals surface area contributed by atoms with E-state index in [1.165, 1.54) is 5.56 Å². The van der Waals surface area contributed by atoms with E-state index in [4.69, 9.17) is 4.74 Å². The maximum atomic E-state index is 12.8. The molecule has 6 heteroatoms. The van der Waals surface area contributed by atoms with E-state index in [9.17, 15) is 4.79 Å².